The summed E-state index contributed by atoms with van der Waals surface area (Å²) in [6.45, 7) is 5.44. The van der Waals surface area contributed by atoms with Crippen molar-refractivity contribution in [3.8, 4) is 0 Å². The number of carbonyl (C=O) groups is 1. The normalized spacial score (nSPS) is 17.0. The summed E-state index contributed by atoms with van der Waals surface area (Å²) >= 11 is 0. The van der Waals surface area contributed by atoms with E-state index in [9.17, 15) is 4.79 Å². The lowest BCUT2D eigenvalue weighted by Crippen LogP contribution is -2.40. The Kier molecular flexibility index (Phi) is 9.15. The number of hydrogen-bond donors (Lipinski definition) is 1. The average Bonchev–Trinajstić information content (AvgIpc) is 2.79. The van der Waals surface area contributed by atoms with Crippen LogP contribution in [0.4, 0.5) is 11.4 Å². The minimum atomic E-state index is -0.686. The Morgan fingerprint density at radius 1 is 0.933 bits per heavy atom. The third-order valence-corrected chi connectivity index (χ3v) is 5.37. The van der Waals surface area contributed by atoms with Crippen molar-refractivity contribution in [2.45, 2.75) is 12.8 Å². The monoisotopic (exact) mass is 412 g/mol. The lowest BCUT2D eigenvalue weighted by Gasteiger charge is -2.30. The Morgan fingerprint density at radius 2 is 1.53 bits per heavy atom. The van der Waals surface area contributed by atoms with Crippen molar-refractivity contribution in [3.63, 3.8) is 0 Å². The maximum absolute atomic E-state index is 11.1. The maximum atomic E-state index is 11.1. The van der Waals surface area contributed by atoms with E-state index in [0.29, 0.717) is 33.0 Å². The second-order valence-electron chi connectivity index (χ2n) is 7.53. The van der Waals surface area contributed by atoms with Crippen LogP contribution in [0.1, 0.15) is 12.8 Å². The summed E-state index contributed by atoms with van der Waals surface area (Å²) < 4.78 is 11.5. The van der Waals surface area contributed by atoms with Gasteiger partial charge in [0, 0.05) is 31.0 Å². The highest BCUT2D eigenvalue weighted by Crippen LogP contribution is 2.24. The smallest absolute Gasteiger partial charge is 0.307 e. The molecule has 0 unspecified atom stereocenters. The van der Waals surface area contributed by atoms with Crippen LogP contribution in [0.25, 0.3) is 0 Å². The molecule has 6 nitrogen and oxygen atoms in total. The Labute approximate surface area is 179 Å². The zero-order valence-corrected chi connectivity index (χ0v) is 17.5. The fraction of sp³-hybridized carbons (Fsp3) is 0.458. The molecule has 1 aliphatic rings. The van der Waals surface area contributed by atoms with Gasteiger partial charge in [0.25, 0.3) is 0 Å². The number of carboxylic acids is 1. The lowest BCUT2D eigenvalue weighted by atomic mass is 9.98. The molecule has 0 aliphatic carbocycles. The molecular formula is C24H32N2O4. The molecule has 1 atom stereocenters. The molecule has 162 valence electrons. The van der Waals surface area contributed by atoms with Gasteiger partial charge in [0.1, 0.15) is 0 Å². The van der Waals surface area contributed by atoms with Crippen LogP contribution in [-0.2, 0) is 14.3 Å². The number of carboxylic acid groups (broad SMARTS) is 1. The van der Waals surface area contributed by atoms with E-state index in [4.69, 9.17) is 14.6 Å². The summed E-state index contributed by atoms with van der Waals surface area (Å²) in [6.07, 6.45) is 1.73. The molecule has 0 amide bonds. The minimum absolute atomic E-state index is 0.237. The number of piperidine rings is 1. The van der Waals surface area contributed by atoms with Gasteiger partial charge in [-0.3, -0.25) is 4.79 Å². The van der Waals surface area contributed by atoms with Gasteiger partial charge in [-0.05, 0) is 43.7 Å². The van der Waals surface area contributed by atoms with Crippen molar-refractivity contribution >= 4 is 17.3 Å². The van der Waals surface area contributed by atoms with Crippen molar-refractivity contribution in [2.24, 2.45) is 5.92 Å². The van der Waals surface area contributed by atoms with Crippen molar-refractivity contribution < 1.29 is 19.4 Å². The number of anilines is 2. The van der Waals surface area contributed by atoms with Crippen LogP contribution in [-0.4, -0.2) is 68.6 Å². The molecule has 3 rings (SSSR count). The summed E-state index contributed by atoms with van der Waals surface area (Å²) in [5.41, 5.74) is 2.29. The van der Waals surface area contributed by atoms with Gasteiger partial charge in [-0.25, -0.2) is 0 Å². The van der Waals surface area contributed by atoms with Gasteiger partial charge >= 0.3 is 5.97 Å². The van der Waals surface area contributed by atoms with Gasteiger partial charge in [-0.2, -0.15) is 0 Å². The zero-order chi connectivity index (χ0) is 21.0. The summed E-state index contributed by atoms with van der Waals surface area (Å²) in [5.74, 6) is -0.923. The number of aliphatic carboxylic acids is 1. The number of rotatable bonds is 12. The molecule has 1 saturated heterocycles. The van der Waals surface area contributed by atoms with E-state index in [1.807, 2.05) is 36.4 Å². The number of benzene rings is 2. The van der Waals surface area contributed by atoms with E-state index in [1.165, 1.54) is 0 Å². The van der Waals surface area contributed by atoms with Gasteiger partial charge < -0.3 is 24.4 Å². The predicted octanol–water partition coefficient (Wildman–Crippen LogP) is 3.65. The molecule has 0 aromatic heterocycles. The second kappa shape index (κ2) is 12.3. The third-order valence-electron chi connectivity index (χ3n) is 5.37. The molecule has 6 heteroatoms. The van der Waals surface area contributed by atoms with Crippen molar-refractivity contribution in [1.29, 1.82) is 0 Å². The highest BCUT2D eigenvalue weighted by atomic mass is 16.5. The molecule has 0 saturated carbocycles. The van der Waals surface area contributed by atoms with Crippen LogP contribution in [0, 0.1) is 5.92 Å². The van der Waals surface area contributed by atoms with Crippen LogP contribution in [0.3, 0.4) is 0 Å². The lowest BCUT2D eigenvalue weighted by molar-refractivity contribution is -0.143. The first kappa shape index (κ1) is 22.3. The Bertz CT molecular complexity index is 702. The van der Waals surface area contributed by atoms with Gasteiger partial charge in [0.15, 0.2) is 0 Å². The van der Waals surface area contributed by atoms with Gasteiger partial charge in [0.2, 0.25) is 0 Å². The van der Waals surface area contributed by atoms with E-state index in [-0.39, 0.29) is 5.92 Å². The molecule has 0 spiro atoms. The minimum Gasteiger partial charge on any atom is -0.481 e. The second-order valence-corrected chi connectivity index (χ2v) is 7.53. The van der Waals surface area contributed by atoms with Gasteiger partial charge in [-0.15, -0.1) is 0 Å². The van der Waals surface area contributed by atoms with Crippen molar-refractivity contribution in [3.05, 3.63) is 60.7 Å². The van der Waals surface area contributed by atoms with Gasteiger partial charge in [0.05, 0.1) is 32.3 Å². The van der Waals surface area contributed by atoms with Crippen molar-refractivity contribution in [2.75, 3.05) is 57.5 Å². The number of para-hydroxylation sites is 2. The average molecular weight is 413 g/mol. The molecule has 1 N–H and O–H groups in total. The first-order chi connectivity index (χ1) is 14.7. The molecule has 30 heavy (non-hydrogen) atoms. The van der Waals surface area contributed by atoms with Crippen LogP contribution < -0.4 is 4.90 Å². The molecule has 1 aliphatic heterocycles. The molecule has 1 fully saturated rings. The SMILES string of the molecule is O=C(O)[C@@H]1CCCN(CCOCCOCCN(c2ccccc2)c2ccccc2)C1. The Hall–Kier alpha value is -2.41. The van der Waals surface area contributed by atoms with E-state index in [2.05, 4.69) is 34.1 Å². The molecule has 2 aromatic carbocycles. The molecule has 1 heterocycles. The summed E-state index contributed by atoms with van der Waals surface area (Å²) in [7, 11) is 0. The molecule has 0 radical (unpaired) electrons. The van der Waals surface area contributed by atoms with E-state index >= 15 is 0 Å². The molecular weight excluding hydrogens is 380 g/mol. The third kappa shape index (κ3) is 7.13. The van der Waals surface area contributed by atoms with Crippen LogP contribution in [0.5, 0.6) is 0 Å². The first-order valence-electron chi connectivity index (χ1n) is 10.7. The quantitative estimate of drug-likeness (QED) is 0.537. The van der Waals surface area contributed by atoms with E-state index in [1.54, 1.807) is 0 Å². The largest absolute Gasteiger partial charge is 0.481 e. The zero-order valence-electron chi connectivity index (χ0n) is 17.5. The van der Waals surface area contributed by atoms with Crippen LogP contribution >= 0.6 is 0 Å². The molecule has 0 bridgehead atoms. The Balaban J connectivity index is 1.32. The van der Waals surface area contributed by atoms with Gasteiger partial charge in [-0.1, -0.05) is 36.4 Å². The van der Waals surface area contributed by atoms with Crippen LogP contribution in [0.15, 0.2) is 60.7 Å². The highest BCUT2D eigenvalue weighted by molar-refractivity contribution is 5.70. The van der Waals surface area contributed by atoms with E-state index in [0.717, 1.165) is 43.9 Å². The maximum Gasteiger partial charge on any atom is 0.307 e. The first-order valence-corrected chi connectivity index (χ1v) is 10.7. The predicted molar refractivity (Wildman–Crippen MR) is 118 cm³/mol. The number of ether oxygens (including phenoxy) is 2. The van der Waals surface area contributed by atoms with E-state index < -0.39 is 5.97 Å². The summed E-state index contributed by atoms with van der Waals surface area (Å²) in [4.78, 5) is 15.6. The highest BCUT2D eigenvalue weighted by Gasteiger charge is 2.24. The Morgan fingerprint density at radius 3 is 2.13 bits per heavy atom. The topological polar surface area (TPSA) is 62.2 Å². The fourth-order valence-corrected chi connectivity index (χ4v) is 3.75. The van der Waals surface area contributed by atoms with Crippen molar-refractivity contribution in [1.82, 2.24) is 4.90 Å². The van der Waals surface area contributed by atoms with Crippen LogP contribution in [0.2, 0.25) is 0 Å². The number of likely N-dealkylation sites (tertiary alicyclic amines) is 1. The number of nitrogens with zero attached hydrogens (tertiary/aromatic N) is 2. The number of hydrogen-bond acceptors (Lipinski definition) is 5. The summed E-state index contributed by atoms with van der Waals surface area (Å²) in [5, 5.41) is 9.15. The molecule has 2 aromatic rings. The standard InChI is InChI=1S/C24H32N2O4/c27-24(28)21-8-7-13-25(20-21)14-16-29-18-19-30-17-15-26(22-9-3-1-4-10-22)23-11-5-2-6-12-23/h1-6,9-12,21H,7-8,13-20H2,(H,27,28)/t21-/m1/s1. The summed E-state index contributed by atoms with van der Waals surface area (Å²) in [6, 6.07) is 20.6. The fourth-order valence-electron chi connectivity index (χ4n) is 3.75.